The van der Waals surface area contributed by atoms with Gasteiger partial charge in [0.15, 0.2) is 0 Å². The maximum Gasteiger partial charge on any atom is 0.211 e. The smallest absolute Gasteiger partial charge is 0.211 e. The summed E-state index contributed by atoms with van der Waals surface area (Å²) in [6, 6.07) is 4.09. The highest BCUT2D eigenvalue weighted by Crippen LogP contribution is 1.99. The van der Waals surface area contributed by atoms with Crippen LogP contribution in [0.2, 0.25) is 0 Å². The predicted molar refractivity (Wildman–Crippen MR) is 77.2 cm³/mol. The van der Waals surface area contributed by atoms with E-state index in [-0.39, 0.29) is 5.75 Å². The molecule has 0 saturated carbocycles. The van der Waals surface area contributed by atoms with Crippen molar-refractivity contribution in [2.24, 2.45) is 0 Å². The highest BCUT2D eigenvalue weighted by Gasteiger charge is 2.09. The average molecular weight is 285 g/mol. The molecule has 0 amide bonds. The molecule has 0 aliphatic rings. The molecule has 0 radical (unpaired) electrons. The highest BCUT2D eigenvalue weighted by atomic mass is 32.2. The van der Waals surface area contributed by atoms with Gasteiger partial charge < -0.3 is 5.32 Å². The molecule has 0 bridgehead atoms. The Morgan fingerprint density at radius 1 is 1.32 bits per heavy atom. The zero-order valence-corrected chi connectivity index (χ0v) is 12.4. The quantitative estimate of drug-likeness (QED) is 0.671. The summed E-state index contributed by atoms with van der Waals surface area (Å²) in [6.45, 7) is 5.31. The minimum absolute atomic E-state index is 0.174. The van der Waals surface area contributed by atoms with Gasteiger partial charge in [-0.2, -0.15) is 0 Å². The molecule has 1 aromatic rings. The number of nitrogens with one attached hydrogen (secondary N) is 2. The molecule has 108 valence electrons. The van der Waals surface area contributed by atoms with Crippen LogP contribution in [0.3, 0.4) is 0 Å². The van der Waals surface area contributed by atoms with Crippen LogP contribution in [0.4, 0.5) is 0 Å². The van der Waals surface area contributed by atoms with E-state index in [9.17, 15) is 8.42 Å². The van der Waals surface area contributed by atoms with Crippen molar-refractivity contribution in [1.82, 2.24) is 15.0 Å². The van der Waals surface area contributed by atoms with Crippen LogP contribution in [0.5, 0.6) is 0 Å². The van der Waals surface area contributed by atoms with Crippen LogP contribution < -0.4 is 10.0 Å². The van der Waals surface area contributed by atoms with E-state index in [1.165, 1.54) is 0 Å². The first-order valence-electron chi connectivity index (χ1n) is 6.59. The predicted octanol–water partition coefficient (Wildman–Crippen LogP) is 1.28. The fourth-order valence-corrected chi connectivity index (χ4v) is 2.69. The number of nitrogens with zero attached hydrogens (tertiary/aromatic N) is 1. The van der Waals surface area contributed by atoms with Crippen molar-refractivity contribution >= 4 is 10.0 Å². The summed E-state index contributed by atoms with van der Waals surface area (Å²) in [4.78, 5) is 3.95. The number of aromatic nitrogens is 1. The molecule has 1 heterocycles. The molecule has 5 nitrogen and oxygen atoms in total. The van der Waals surface area contributed by atoms with Crippen molar-refractivity contribution in [3.8, 4) is 0 Å². The largest absolute Gasteiger partial charge is 0.315 e. The molecule has 0 spiro atoms. The van der Waals surface area contributed by atoms with Gasteiger partial charge in [-0.25, -0.2) is 13.1 Å². The van der Waals surface area contributed by atoms with Crippen molar-refractivity contribution in [3.05, 3.63) is 30.1 Å². The van der Waals surface area contributed by atoms with Crippen LogP contribution in [0, 0.1) is 0 Å². The van der Waals surface area contributed by atoms with Crippen LogP contribution in [0.1, 0.15) is 32.3 Å². The first kappa shape index (κ1) is 16.1. The Balaban J connectivity index is 2.21. The number of hydrogen-bond acceptors (Lipinski definition) is 4. The number of pyridine rings is 1. The summed E-state index contributed by atoms with van der Waals surface area (Å²) in [5.41, 5.74) is 0.868. The normalized spacial score (nSPS) is 11.9. The third-order valence-corrected chi connectivity index (χ3v) is 4.02. The minimum atomic E-state index is -3.19. The lowest BCUT2D eigenvalue weighted by molar-refractivity contribution is 0.555. The molecule has 2 N–H and O–H groups in total. The van der Waals surface area contributed by atoms with Crippen LogP contribution in [-0.4, -0.2) is 31.7 Å². The Bertz CT molecular complexity index is 446. The van der Waals surface area contributed by atoms with Crippen molar-refractivity contribution < 1.29 is 8.42 Å². The monoisotopic (exact) mass is 285 g/mol. The van der Waals surface area contributed by atoms with Gasteiger partial charge in [0.25, 0.3) is 0 Å². The second-order valence-electron chi connectivity index (χ2n) is 4.82. The molecule has 1 aromatic heterocycles. The Labute approximate surface area is 115 Å². The fraction of sp³-hybridized carbons (Fsp3) is 0.615. The second kappa shape index (κ2) is 8.24. The van der Waals surface area contributed by atoms with Gasteiger partial charge in [-0.05, 0) is 31.0 Å². The Hall–Kier alpha value is -0.980. The minimum Gasteiger partial charge on any atom is -0.315 e. The SMILES string of the molecule is CC(C)NCCCCS(=O)(=O)NCc1cccnc1. The standard InChI is InChI=1S/C13H23N3O2S/c1-12(2)15-8-3-4-9-19(17,18)16-11-13-6-5-7-14-10-13/h5-7,10,12,15-16H,3-4,8-9,11H2,1-2H3. The van der Waals surface area contributed by atoms with Crippen molar-refractivity contribution in [2.45, 2.75) is 39.3 Å². The van der Waals surface area contributed by atoms with Gasteiger partial charge in [-0.1, -0.05) is 19.9 Å². The van der Waals surface area contributed by atoms with Gasteiger partial charge in [0.05, 0.1) is 5.75 Å². The third-order valence-electron chi connectivity index (χ3n) is 2.61. The average Bonchev–Trinajstić information content (AvgIpc) is 2.37. The maximum absolute atomic E-state index is 11.7. The molecular weight excluding hydrogens is 262 g/mol. The molecule has 0 atom stereocenters. The van der Waals surface area contributed by atoms with E-state index in [1.54, 1.807) is 18.5 Å². The summed E-state index contributed by atoms with van der Waals surface area (Å²) >= 11 is 0. The number of hydrogen-bond donors (Lipinski definition) is 2. The van der Waals surface area contributed by atoms with Gasteiger partial charge in [0.2, 0.25) is 10.0 Å². The van der Waals surface area contributed by atoms with Crippen LogP contribution >= 0.6 is 0 Å². The van der Waals surface area contributed by atoms with E-state index >= 15 is 0 Å². The Morgan fingerprint density at radius 2 is 2.11 bits per heavy atom. The van der Waals surface area contributed by atoms with Crippen LogP contribution in [-0.2, 0) is 16.6 Å². The molecule has 0 unspecified atom stereocenters. The van der Waals surface area contributed by atoms with Gasteiger partial charge in [-0.15, -0.1) is 0 Å². The molecule has 0 saturated heterocycles. The van der Waals surface area contributed by atoms with Crippen LogP contribution in [0.15, 0.2) is 24.5 Å². The van der Waals surface area contributed by atoms with E-state index in [0.29, 0.717) is 19.0 Å². The highest BCUT2D eigenvalue weighted by molar-refractivity contribution is 7.89. The fourth-order valence-electron chi connectivity index (χ4n) is 1.58. The van der Waals surface area contributed by atoms with E-state index in [0.717, 1.165) is 18.5 Å². The summed E-state index contributed by atoms with van der Waals surface area (Å²) in [6.07, 6.45) is 4.86. The Kier molecular flexibility index (Phi) is 6.97. The van der Waals surface area contributed by atoms with E-state index in [4.69, 9.17) is 0 Å². The molecule has 6 heteroatoms. The molecular formula is C13H23N3O2S. The second-order valence-corrected chi connectivity index (χ2v) is 6.74. The summed E-state index contributed by atoms with van der Waals surface area (Å²) < 4.78 is 26.1. The van der Waals surface area contributed by atoms with E-state index in [1.807, 2.05) is 6.07 Å². The first-order chi connectivity index (χ1) is 8.99. The van der Waals surface area contributed by atoms with E-state index < -0.39 is 10.0 Å². The summed E-state index contributed by atoms with van der Waals surface area (Å²) in [5.74, 6) is 0.174. The van der Waals surface area contributed by atoms with Crippen molar-refractivity contribution in [2.75, 3.05) is 12.3 Å². The maximum atomic E-state index is 11.7. The lowest BCUT2D eigenvalue weighted by atomic mass is 10.3. The van der Waals surface area contributed by atoms with Crippen LogP contribution in [0.25, 0.3) is 0 Å². The third kappa shape index (κ3) is 7.92. The van der Waals surface area contributed by atoms with Crippen molar-refractivity contribution in [1.29, 1.82) is 0 Å². The van der Waals surface area contributed by atoms with E-state index in [2.05, 4.69) is 28.9 Å². The summed E-state index contributed by atoms with van der Waals surface area (Å²) in [5, 5.41) is 3.27. The summed E-state index contributed by atoms with van der Waals surface area (Å²) in [7, 11) is -3.19. The number of rotatable bonds is 9. The van der Waals surface area contributed by atoms with Crippen molar-refractivity contribution in [3.63, 3.8) is 0 Å². The van der Waals surface area contributed by atoms with Gasteiger partial charge in [0, 0.05) is 25.0 Å². The Morgan fingerprint density at radius 3 is 2.74 bits per heavy atom. The molecule has 0 aliphatic carbocycles. The topological polar surface area (TPSA) is 71.1 Å². The number of unbranched alkanes of at least 4 members (excludes halogenated alkanes) is 1. The zero-order valence-electron chi connectivity index (χ0n) is 11.6. The lowest BCUT2D eigenvalue weighted by Crippen LogP contribution is -2.27. The van der Waals surface area contributed by atoms with Gasteiger partial charge in [0.1, 0.15) is 0 Å². The lowest BCUT2D eigenvalue weighted by Gasteiger charge is -2.08. The van der Waals surface area contributed by atoms with Gasteiger partial charge in [-0.3, -0.25) is 4.98 Å². The molecule has 0 aromatic carbocycles. The molecule has 1 rings (SSSR count). The zero-order chi connectivity index (χ0) is 14.1. The van der Waals surface area contributed by atoms with Gasteiger partial charge >= 0.3 is 0 Å². The number of sulfonamides is 1. The molecule has 0 fully saturated rings. The molecule has 19 heavy (non-hydrogen) atoms. The molecule has 0 aliphatic heterocycles. The first-order valence-corrected chi connectivity index (χ1v) is 8.24.